The van der Waals surface area contributed by atoms with Crippen LogP contribution in [0.3, 0.4) is 0 Å². The Labute approximate surface area is 148 Å². The van der Waals surface area contributed by atoms with Crippen molar-refractivity contribution in [1.29, 1.82) is 0 Å². The van der Waals surface area contributed by atoms with Crippen molar-refractivity contribution in [2.24, 2.45) is 0 Å². The van der Waals surface area contributed by atoms with E-state index < -0.39 is 0 Å². The molecule has 2 aromatic rings. The first-order valence-corrected chi connectivity index (χ1v) is 9.31. The van der Waals surface area contributed by atoms with Gasteiger partial charge < -0.3 is 10.1 Å². The number of amides is 1. The summed E-state index contributed by atoms with van der Waals surface area (Å²) in [5.41, 5.74) is 4.84. The SMILES string of the molecule is Cc1ccc(C)c(OCC(=O)NCCSCc2ccccc2C)c1. The van der Waals surface area contributed by atoms with Gasteiger partial charge in [0.05, 0.1) is 0 Å². The highest BCUT2D eigenvalue weighted by molar-refractivity contribution is 7.98. The summed E-state index contributed by atoms with van der Waals surface area (Å²) in [6.45, 7) is 6.84. The molecular weight excluding hydrogens is 318 g/mol. The number of aryl methyl sites for hydroxylation is 3. The molecule has 0 radical (unpaired) electrons. The molecule has 2 rings (SSSR count). The Bertz CT molecular complexity index is 685. The van der Waals surface area contributed by atoms with Gasteiger partial charge in [-0.15, -0.1) is 0 Å². The Morgan fingerprint density at radius 1 is 1.08 bits per heavy atom. The molecule has 0 aliphatic carbocycles. The summed E-state index contributed by atoms with van der Waals surface area (Å²) in [5, 5.41) is 2.90. The van der Waals surface area contributed by atoms with Gasteiger partial charge in [-0.25, -0.2) is 0 Å². The Morgan fingerprint density at radius 3 is 2.67 bits per heavy atom. The highest BCUT2D eigenvalue weighted by Gasteiger charge is 2.05. The van der Waals surface area contributed by atoms with Crippen molar-refractivity contribution >= 4 is 17.7 Å². The smallest absolute Gasteiger partial charge is 0.257 e. The van der Waals surface area contributed by atoms with Crippen LogP contribution in [0.5, 0.6) is 5.75 Å². The minimum Gasteiger partial charge on any atom is -0.483 e. The van der Waals surface area contributed by atoms with Crippen molar-refractivity contribution in [2.45, 2.75) is 26.5 Å². The van der Waals surface area contributed by atoms with Crippen LogP contribution in [0.15, 0.2) is 42.5 Å². The molecular formula is C20H25NO2S. The Morgan fingerprint density at radius 2 is 1.88 bits per heavy atom. The number of hydrogen-bond donors (Lipinski definition) is 1. The van der Waals surface area contributed by atoms with Crippen molar-refractivity contribution in [1.82, 2.24) is 5.32 Å². The van der Waals surface area contributed by atoms with Crippen molar-refractivity contribution in [3.63, 3.8) is 0 Å². The number of carbonyl (C=O) groups excluding carboxylic acids is 1. The third-order valence-corrected chi connectivity index (χ3v) is 4.80. The molecule has 0 unspecified atom stereocenters. The third-order valence-electron chi connectivity index (χ3n) is 3.79. The molecule has 0 aliphatic rings. The van der Waals surface area contributed by atoms with Crippen LogP contribution in [0.25, 0.3) is 0 Å². The standard InChI is InChI=1S/C20H25NO2S/c1-15-8-9-17(3)19(12-15)23-13-20(22)21-10-11-24-14-18-7-5-4-6-16(18)2/h4-9,12H,10-11,13-14H2,1-3H3,(H,21,22). The fourth-order valence-corrected chi connectivity index (χ4v) is 3.21. The summed E-state index contributed by atoms with van der Waals surface area (Å²) in [6, 6.07) is 14.4. The predicted octanol–water partition coefficient (Wildman–Crippen LogP) is 4.04. The Balaban J connectivity index is 1.63. The molecule has 0 spiro atoms. The number of hydrogen-bond acceptors (Lipinski definition) is 3. The number of carbonyl (C=O) groups is 1. The first-order chi connectivity index (χ1) is 11.6. The Kier molecular flexibility index (Phi) is 7.19. The van der Waals surface area contributed by atoms with Gasteiger partial charge in [-0.05, 0) is 49.1 Å². The second-order valence-electron chi connectivity index (χ2n) is 5.89. The van der Waals surface area contributed by atoms with E-state index in [2.05, 4.69) is 36.5 Å². The first-order valence-electron chi connectivity index (χ1n) is 8.15. The lowest BCUT2D eigenvalue weighted by Crippen LogP contribution is -2.30. The van der Waals surface area contributed by atoms with Gasteiger partial charge in [-0.1, -0.05) is 36.4 Å². The number of nitrogens with one attached hydrogen (secondary N) is 1. The summed E-state index contributed by atoms with van der Waals surface area (Å²) >= 11 is 1.83. The first kappa shape index (κ1) is 18.4. The molecule has 128 valence electrons. The molecule has 0 aliphatic heterocycles. The average Bonchev–Trinajstić information content (AvgIpc) is 2.57. The fraction of sp³-hybridized carbons (Fsp3) is 0.350. The number of rotatable bonds is 8. The van der Waals surface area contributed by atoms with Crippen LogP contribution in [-0.4, -0.2) is 24.8 Å². The molecule has 0 atom stereocenters. The van der Waals surface area contributed by atoms with Crippen LogP contribution in [0, 0.1) is 20.8 Å². The number of benzene rings is 2. The molecule has 24 heavy (non-hydrogen) atoms. The normalized spacial score (nSPS) is 10.5. The minimum atomic E-state index is -0.0765. The van der Waals surface area contributed by atoms with Crippen molar-refractivity contribution in [3.05, 3.63) is 64.7 Å². The van der Waals surface area contributed by atoms with Crippen LogP contribution in [-0.2, 0) is 10.5 Å². The maximum absolute atomic E-state index is 11.9. The Hall–Kier alpha value is -1.94. The maximum atomic E-state index is 11.9. The second-order valence-corrected chi connectivity index (χ2v) is 6.99. The van der Waals surface area contributed by atoms with Crippen molar-refractivity contribution in [3.8, 4) is 5.75 Å². The van der Waals surface area contributed by atoms with E-state index in [0.717, 1.165) is 28.4 Å². The average molecular weight is 343 g/mol. The van der Waals surface area contributed by atoms with Crippen LogP contribution >= 0.6 is 11.8 Å². The van der Waals surface area contributed by atoms with Gasteiger partial charge >= 0.3 is 0 Å². The van der Waals surface area contributed by atoms with Gasteiger partial charge in [0, 0.05) is 18.1 Å². The molecule has 2 aromatic carbocycles. The van der Waals surface area contributed by atoms with E-state index >= 15 is 0 Å². The summed E-state index contributed by atoms with van der Waals surface area (Å²) in [7, 11) is 0. The summed E-state index contributed by atoms with van der Waals surface area (Å²) in [6.07, 6.45) is 0. The molecule has 0 saturated carbocycles. The highest BCUT2D eigenvalue weighted by Crippen LogP contribution is 2.19. The molecule has 3 nitrogen and oxygen atoms in total. The van der Waals surface area contributed by atoms with Crippen LogP contribution in [0.1, 0.15) is 22.3 Å². The second kappa shape index (κ2) is 9.38. The van der Waals surface area contributed by atoms with Gasteiger partial charge in [0.1, 0.15) is 5.75 Å². The van der Waals surface area contributed by atoms with E-state index in [4.69, 9.17) is 4.74 Å². The van der Waals surface area contributed by atoms with Crippen LogP contribution in [0.4, 0.5) is 0 Å². The molecule has 0 bridgehead atoms. The predicted molar refractivity (Wildman–Crippen MR) is 102 cm³/mol. The lowest BCUT2D eigenvalue weighted by molar-refractivity contribution is -0.122. The lowest BCUT2D eigenvalue weighted by Gasteiger charge is -2.10. The molecule has 0 aromatic heterocycles. The van der Waals surface area contributed by atoms with Gasteiger partial charge in [0.15, 0.2) is 6.61 Å². The van der Waals surface area contributed by atoms with E-state index in [1.165, 1.54) is 11.1 Å². The molecule has 0 saturated heterocycles. The maximum Gasteiger partial charge on any atom is 0.257 e. The van der Waals surface area contributed by atoms with E-state index in [-0.39, 0.29) is 12.5 Å². The van der Waals surface area contributed by atoms with Gasteiger partial charge in [0.2, 0.25) is 0 Å². The van der Waals surface area contributed by atoms with E-state index in [1.807, 2.05) is 43.8 Å². The van der Waals surface area contributed by atoms with E-state index in [1.54, 1.807) is 0 Å². The summed E-state index contributed by atoms with van der Waals surface area (Å²) in [4.78, 5) is 11.9. The van der Waals surface area contributed by atoms with Crippen molar-refractivity contribution < 1.29 is 9.53 Å². The summed E-state index contributed by atoms with van der Waals surface area (Å²) < 4.78 is 5.60. The molecule has 4 heteroatoms. The molecule has 1 N–H and O–H groups in total. The lowest BCUT2D eigenvalue weighted by atomic mass is 10.1. The van der Waals surface area contributed by atoms with Gasteiger partial charge in [0.25, 0.3) is 5.91 Å². The monoisotopic (exact) mass is 343 g/mol. The minimum absolute atomic E-state index is 0.0623. The zero-order chi connectivity index (χ0) is 17.4. The van der Waals surface area contributed by atoms with Gasteiger partial charge in [-0.2, -0.15) is 11.8 Å². The molecule has 0 heterocycles. The fourth-order valence-electron chi connectivity index (χ4n) is 2.27. The quantitative estimate of drug-likeness (QED) is 0.735. The third kappa shape index (κ3) is 5.93. The number of thioether (sulfide) groups is 1. The summed E-state index contributed by atoms with van der Waals surface area (Å²) in [5.74, 6) is 2.57. The van der Waals surface area contributed by atoms with E-state index in [9.17, 15) is 4.79 Å². The molecule has 1 amide bonds. The zero-order valence-corrected chi connectivity index (χ0v) is 15.4. The van der Waals surface area contributed by atoms with Crippen molar-refractivity contribution in [2.75, 3.05) is 18.9 Å². The van der Waals surface area contributed by atoms with Crippen LogP contribution in [0.2, 0.25) is 0 Å². The van der Waals surface area contributed by atoms with E-state index in [0.29, 0.717) is 6.54 Å². The zero-order valence-electron chi connectivity index (χ0n) is 14.6. The highest BCUT2D eigenvalue weighted by atomic mass is 32.2. The van der Waals surface area contributed by atoms with Gasteiger partial charge in [-0.3, -0.25) is 4.79 Å². The largest absolute Gasteiger partial charge is 0.483 e. The number of ether oxygens (including phenoxy) is 1. The van der Waals surface area contributed by atoms with Crippen LogP contribution < -0.4 is 10.1 Å². The topological polar surface area (TPSA) is 38.3 Å². The molecule has 0 fully saturated rings.